The zero-order valence-corrected chi connectivity index (χ0v) is 8.80. The molecular formula is C13H18. The van der Waals surface area contributed by atoms with Crippen LogP contribution in [0.5, 0.6) is 0 Å². The SMILES string of the molecule is C#CC(C)C(C=CC)=CC(=C)CC. The van der Waals surface area contributed by atoms with E-state index in [0.29, 0.717) is 0 Å². The maximum Gasteiger partial charge on any atom is 0.0421 e. The minimum absolute atomic E-state index is 0.166. The number of rotatable bonds is 4. The van der Waals surface area contributed by atoms with Gasteiger partial charge in [-0.15, -0.1) is 6.42 Å². The molecule has 0 aliphatic heterocycles. The number of terminal acetylenes is 1. The van der Waals surface area contributed by atoms with E-state index in [1.165, 1.54) is 0 Å². The first kappa shape index (κ1) is 11.8. The normalized spacial score (nSPS) is 14.2. The van der Waals surface area contributed by atoms with Crippen LogP contribution in [0.3, 0.4) is 0 Å². The van der Waals surface area contributed by atoms with E-state index in [2.05, 4.69) is 25.5 Å². The van der Waals surface area contributed by atoms with E-state index in [4.69, 9.17) is 6.42 Å². The summed E-state index contributed by atoms with van der Waals surface area (Å²) in [6.45, 7) is 10.0. The van der Waals surface area contributed by atoms with Gasteiger partial charge in [0.05, 0.1) is 0 Å². The van der Waals surface area contributed by atoms with Crippen molar-refractivity contribution in [2.45, 2.75) is 27.2 Å². The molecule has 0 spiro atoms. The van der Waals surface area contributed by atoms with Crippen molar-refractivity contribution < 1.29 is 0 Å². The van der Waals surface area contributed by atoms with E-state index in [9.17, 15) is 0 Å². The summed E-state index contributed by atoms with van der Waals surface area (Å²) in [5.74, 6) is 2.88. The van der Waals surface area contributed by atoms with Crippen molar-refractivity contribution in [1.29, 1.82) is 0 Å². The van der Waals surface area contributed by atoms with Gasteiger partial charge in [0, 0.05) is 5.92 Å². The second kappa shape index (κ2) is 6.31. The Balaban J connectivity index is 4.71. The molecule has 0 aromatic carbocycles. The van der Waals surface area contributed by atoms with Crippen molar-refractivity contribution in [3.63, 3.8) is 0 Å². The maximum atomic E-state index is 5.37. The Kier molecular flexibility index (Phi) is 5.72. The quantitative estimate of drug-likeness (QED) is 0.450. The summed E-state index contributed by atoms with van der Waals surface area (Å²) in [7, 11) is 0. The molecule has 0 aliphatic rings. The molecule has 1 atom stereocenters. The highest BCUT2D eigenvalue weighted by Crippen LogP contribution is 2.14. The highest BCUT2D eigenvalue weighted by atomic mass is 14.0. The predicted molar refractivity (Wildman–Crippen MR) is 60.3 cm³/mol. The largest absolute Gasteiger partial charge is 0.119 e. The summed E-state index contributed by atoms with van der Waals surface area (Å²) >= 11 is 0. The molecule has 0 nitrogen and oxygen atoms in total. The Bertz CT molecular complexity index is 258. The molecule has 0 radical (unpaired) electrons. The number of allylic oxidation sites excluding steroid dienone is 5. The van der Waals surface area contributed by atoms with Crippen molar-refractivity contribution in [2.24, 2.45) is 5.92 Å². The van der Waals surface area contributed by atoms with Crippen LogP contribution in [0.25, 0.3) is 0 Å². The third kappa shape index (κ3) is 4.38. The fourth-order valence-electron chi connectivity index (χ4n) is 0.944. The van der Waals surface area contributed by atoms with Crippen molar-refractivity contribution in [2.75, 3.05) is 0 Å². The van der Waals surface area contributed by atoms with E-state index < -0.39 is 0 Å². The van der Waals surface area contributed by atoms with E-state index in [0.717, 1.165) is 17.6 Å². The molecule has 0 bridgehead atoms. The van der Waals surface area contributed by atoms with Crippen LogP contribution in [0, 0.1) is 18.3 Å². The monoisotopic (exact) mass is 174 g/mol. The first-order valence-electron chi connectivity index (χ1n) is 4.63. The van der Waals surface area contributed by atoms with Gasteiger partial charge in [-0.1, -0.05) is 43.2 Å². The van der Waals surface area contributed by atoms with Gasteiger partial charge in [-0.05, 0) is 25.8 Å². The van der Waals surface area contributed by atoms with Crippen molar-refractivity contribution in [3.8, 4) is 12.3 Å². The number of hydrogen-bond donors (Lipinski definition) is 0. The molecule has 0 heterocycles. The van der Waals surface area contributed by atoms with Gasteiger partial charge in [-0.3, -0.25) is 0 Å². The summed E-state index contributed by atoms with van der Waals surface area (Å²) in [6, 6.07) is 0. The molecule has 0 heteroatoms. The predicted octanol–water partition coefficient (Wildman–Crippen LogP) is 3.72. The lowest BCUT2D eigenvalue weighted by atomic mass is 9.98. The fourth-order valence-corrected chi connectivity index (χ4v) is 0.944. The first-order chi connectivity index (χ1) is 6.15. The second-order valence-electron chi connectivity index (χ2n) is 3.04. The molecule has 0 N–H and O–H groups in total. The van der Waals surface area contributed by atoms with Crippen LogP contribution in [0.2, 0.25) is 0 Å². The zero-order chi connectivity index (χ0) is 10.3. The molecule has 0 fully saturated rings. The van der Waals surface area contributed by atoms with Crippen LogP contribution in [0.4, 0.5) is 0 Å². The third-order valence-corrected chi connectivity index (χ3v) is 1.93. The summed E-state index contributed by atoms with van der Waals surface area (Å²) < 4.78 is 0. The highest BCUT2D eigenvalue weighted by molar-refractivity contribution is 5.33. The molecule has 0 aliphatic carbocycles. The lowest BCUT2D eigenvalue weighted by Gasteiger charge is -2.06. The van der Waals surface area contributed by atoms with Gasteiger partial charge < -0.3 is 0 Å². The maximum absolute atomic E-state index is 5.37. The van der Waals surface area contributed by atoms with Crippen molar-refractivity contribution in [3.05, 3.63) is 36.0 Å². The third-order valence-electron chi connectivity index (χ3n) is 1.93. The molecule has 0 saturated heterocycles. The summed E-state index contributed by atoms with van der Waals surface area (Å²) in [6.07, 6.45) is 12.5. The van der Waals surface area contributed by atoms with Crippen molar-refractivity contribution >= 4 is 0 Å². The Morgan fingerprint density at radius 2 is 2.23 bits per heavy atom. The molecule has 0 saturated carbocycles. The second-order valence-corrected chi connectivity index (χ2v) is 3.04. The Morgan fingerprint density at radius 1 is 1.62 bits per heavy atom. The molecule has 0 aromatic rings. The smallest absolute Gasteiger partial charge is 0.0421 e. The Morgan fingerprint density at radius 3 is 2.62 bits per heavy atom. The lowest BCUT2D eigenvalue weighted by molar-refractivity contribution is 0.923. The molecule has 0 aromatic heterocycles. The zero-order valence-electron chi connectivity index (χ0n) is 8.80. The van der Waals surface area contributed by atoms with Crippen LogP contribution < -0.4 is 0 Å². The van der Waals surface area contributed by atoms with Gasteiger partial charge in [0.2, 0.25) is 0 Å². The van der Waals surface area contributed by atoms with E-state index >= 15 is 0 Å². The van der Waals surface area contributed by atoms with Gasteiger partial charge in [0.1, 0.15) is 0 Å². The molecule has 0 amide bonds. The van der Waals surface area contributed by atoms with Gasteiger partial charge in [0.25, 0.3) is 0 Å². The lowest BCUT2D eigenvalue weighted by Crippen LogP contribution is -1.93. The Hall–Kier alpha value is -1.22. The highest BCUT2D eigenvalue weighted by Gasteiger charge is 2.01. The molecule has 70 valence electrons. The standard InChI is InChI=1S/C13H18/c1-6-9-13(12(5)8-3)10-11(4)7-2/h3,6,9-10,12H,4,7H2,1-2,5H3. The molecule has 1 unspecified atom stereocenters. The van der Waals surface area contributed by atoms with E-state index in [1.54, 1.807) is 0 Å². The Labute approximate surface area is 82.0 Å². The van der Waals surface area contributed by atoms with Crippen LogP contribution >= 0.6 is 0 Å². The van der Waals surface area contributed by atoms with Crippen LogP contribution in [-0.2, 0) is 0 Å². The summed E-state index contributed by atoms with van der Waals surface area (Å²) in [5.41, 5.74) is 2.28. The van der Waals surface area contributed by atoms with Gasteiger partial charge >= 0.3 is 0 Å². The average Bonchev–Trinajstić information content (AvgIpc) is 2.15. The van der Waals surface area contributed by atoms with Crippen LogP contribution in [0.15, 0.2) is 36.0 Å². The minimum Gasteiger partial charge on any atom is -0.119 e. The summed E-state index contributed by atoms with van der Waals surface area (Å²) in [4.78, 5) is 0. The van der Waals surface area contributed by atoms with E-state index in [1.807, 2.05) is 26.0 Å². The number of hydrogen-bond acceptors (Lipinski definition) is 0. The van der Waals surface area contributed by atoms with Gasteiger partial charge in [0.15, 0.2) is 0 Å². The minimum atomic E-state index is 0.166. The van der Waals surface area contributed by atoms with Gasteiger partial charge in [-0.25, -0.2) is 0 Å². The van der Waals surface area contributed by atoms with Gasteiger partial charge in [-0.2, -0.15) is 0 Å². The summed E-state index contributed by atoms with van der Waals surface area (Å²) in [5, 5.41) is 0. The fraction of sp³-hybridized carbons (Fsp3) is 0.385. The van der Waals surface area contributed by atoms with Crippen molar-refractivity contribution in [1.82, 2.24) is 0 Å². The first-order valence-corrected chi connectivity index (χ1v) is 4.63. The topological polar surface area (TPSA) is 0 Å². The van der Waals surface area contributed by atoms with Crippen LogP contribution in [0.1, 0.15) is 27.2 Å². The van der Waals surface area contributed by atoms with Crippen LogP contribution in [-0.4, -0.2) is 0 Å². The molecule has 0 rings (SSSR count). The molecular weight excluding hydrogens is 156 g/mol. The molecule has 13 heavy (non-hydrogen) atoms. The van der Waals surface area contributed by atoms with E-state index in [-0.39, 0.29) is 5.92 Å². The average molecular weight is 174 g/mol.